The number of rotatable bonds is 5. The highest BCUT2D eigenvalue weighted by atomic mass is 32.2. The highest BCUT2D eigenvalue weighted by molar-refractivity contribution is 7.86. The SMILES string of the molecule is Cc1ccc(S(=O)(=O)OC#CCCCc2ccccc2)cc1. The Labute approximate surface area is 132 Å². The number of aryl methyl sites for hydroxylation is 2. The van der Waals surface area contributed by atoms with E-state index >= 15 is 0 Å². The Hall–Kier alpha value is -2.25. The predicted molar refractivity (Wildman–Crippen MR) is 86.6 cm³/mol. The topological polar surface area (TPSA) is 43.4 Å². The fraction of sp³-hybridized carbons (Fsp3) is 0.222. The van der Waals surface area contributed by atoms with Crippen molar-refractivity contribution in [1.29, 1.82) is 0 Å². The first-order valence-corrected chi connectivity index (χ1v) is 8.51. The lowest BCUT2D eigenvalue weighted by Gasteiger charge is -2.00. The molecule has 0 spiro atoms. The molecule has 0 aromatic heterocycles. The Balaban J connectivity index is 1.81. The molecule has 4 heteroatoms. The molecule has 2 aromatic rings. The van der Waals surface area contributed by atoms with Crippen molar-refractivity contribution in [2.24, 2.45) is 0 Å². The van der Waals surface area contributed by atoms with Crippen molar-refractivity contribution in [3.05, 3.63) is 65.7 Å². The van der Waals surface area contributed by atoms with Gasteiger partial charge in [-0.05, 0) is 37.5 Å². The van der Waals surface area contributed by atoms with Crippen molar-refractivity contribution < 1.29 is 12.6 Å². The first kappa shape index (κ1) is 16.1. The van der Waals surface area contributed by atoms with Gasteiger partial charge in [0.2, 0.25) is 0 Å². The van der Waals surface area contributed by atoms with Gasteiger partial charge >= 0.3 is 10.1 Å². The lowest BCUT2D eigenvalue weighted by molar-refractivity contribution is 0.465. The van der Waals surface area contributed by atoms with Gasteiger partial charge in [-0.3, -0.25) is 0 Å². The van der Waals surface area contributed by atoms with Gasteiger partial charge in [0.25, 0.3) is 0 Å². The normalized spacial score (nSPS) is 10.6. The summed E-state index contributed by atoms with van der Waals surface area (Å²) in [5, 5.41) is 0. The van der Waals surface area contributed by atoms with E-state index in [-0.39, 0.29) is 4.90 Å². The van der Waals surface area contributed by atoms with Gasteiger partial charge in [0.15, 0.2) is 0 Å². The van der Waals surface area contributed by atoms with Gasteiger partial charge in [-0.1, -0.05) is 53.9 Å². The molecule has 0 radical (unpaired) electrons. The van der Waals surface area contributed by atoms with Crippen LogP contribution < -0.4 is 0 Å². The zero-order valence-corrected chi connectivity index (χ0v) is 13.3. The first-order chi connectivity index (χ1) is 10.6. The minimum atomic E-state index is -3.79. The third-order valence-corrected chi connectivity index (χ3v) is 4.30. The number of hydrogen-bond donors (Lipinski definition) is 0. The van der Waals surface area contributed by atoms with Crippen LogP contribution in [0.2, 0.25) is 0 Å². The molecule has 0 atom stereocenters. The molecule has 3 nitrogen and oxygen atoms in total. The highest BCUT2D eigenvalue weighted by Gasteiger charge is 2.13. The molecule has 2 rings (SSSR count). The third-order valence-electron chi connectivity index (χ3n) is 3.14. The van der Waals surface area contributed by atoms with Gasteiger partial charge in [0.05, 0.1) is 0 Å². The van der Waals surface area contributed by atoms with Gasteiger partial charge < -0.3 is 4.18 Å². The second kappa shape index (κ2) is 7.67. The molecule has 0 N–H and O–H groups in total. The van der Waals surface area contributed by atoms with Crippen molar-refractivity contribution in [2.75, 3.05) is 0 Å². The zero-order valence-electron chi connectivity index (χ0n) is 12.5. The maximum atomic E-state index is 11.9. The molecule has 0 bridgehead atoms. The molecule has 0 aliphatic heterocycles. The lowest BCUT2D eigenvalue weighted by Crippen LogP contribution is -2.02. The van der Waals surface area contributed by atoms with Crippen molar-refractivity contribution >= 4 is 10.1 Å². The number of hydrogen-bond acceptors (Lipinski definition) is 3. The first-order valence-electron chi connectivity index (χ1n) is 7.10. The van der Waals surface area contributed by atoms with E-state index in [9.17, 15) is 8.42 Å². The van der Waals surface area contributed by atoms with E-state index in [1.807, 2.05) is 25.1 Å². The molecule has 0 amide bonds. The molecule has 0 heterocycles. The van der Waals surface area contributed by atoms with Crippen LogP contribution in [0.1, 0.15) is 24.0 Å². The summed E-state index contributed by atoms with van der Waals surface area (Å²) in [7, 11) is -3.79. The van der Waals surface area contributed by atoms with Gasteiger partial charge in [-0.15, -0.1) is 0 Å². The zero-order chi connectivity index (χ0) is 15.8. The molecule has 0 aliphatic carbocycles. The molecule has 0 fully saturated rings. The lowest BCUT2D eigenvalue weighted by atomic mass is 10.1. The monoisotopic (exact) mass is 314 g/mol. The molecule has 0 saturated carbocycles. The van der Waals surface area contributed by atoms with Crippen LogP contribution in [0.3, 0.4) is 0 Å². The van der Waals surface area contributed by atoms with Gasteiger partial charge in [-0.25, -0.2) is 0 Å². The van der Waals surface area contributed by atoms with E-state index in [2.05, 4.69) is 24.2 Å². The van der Waals surface area contributed by atoms with E-state index in [0.29, 0.717) is 6.42 Å². The van der Waals surface area contributed by atoms with Crippen LogP contribution in [-0.4, -0.2) is 8.42 Å². The molecule has 114 valence electrons. The molecule has 0 unspecified atom stereocenters. The summed E-state index contributed by atoms with van der Waals surface area (Å²) in [6.07, 6.45) is 4.67. The van der Waals surface area contributed by atoms with E-state index in [1.54, 1.807) is 12.1 Å². The smallest absolute Gasteiger partial charge is 0.324 e. The second-order valence-electron chi connectivity index (χ2n) is 4.97. The fourth-order valence-corrected chi connectivity index (χ4v) is 2.65. The van der Waals surface area contributed by atoms with Gasteiger partial charge in [0.1, 0.15) is 11.0 Å². The minimum absolute atomic E-state index is 0.122. The van der Waals surface area contributed by atoms with Crippen LogP contribution in [0.25, 0.3) is 0 Å². The Morgan fingerprint density at radius 3 is 2.36 bits per heavy atom. The van der Waals surface area contributed by atoms with E-state index in [4.69, 9.17) is 4.18 Å². The largest absolute Gasteiger partial charge is 0.347 e. The number of unbranched alkanes of at least 4 members (excludes halogenated alkanes) is 1. The summed E-state index contributed by atoms with van der Waals surface area (Å²) >= 11 is 0. The summed E-state index contributed by atoms with van der Waals surface area (Å²) < 4.78 is 28.5. The Morgan fingerprint density at radius 1 is 1.00 bits per heavy atom. The standard InChI is InChI=1S/C18H18O3S/c1-16-11-13-18(14-12-16)22(19,20)21-15-7-3-6-10-17-8-4-2-5-9-17/h2,4-5,8-9,11-14H,3,6,10H2,1H3. The van der Waals surface area contributed by atoms with Crippen LogP contribution in [0.5, 0.6) is 0 Å². The average molecular weight is 314 g/mol. The van der Waals surface area contributed by atoms with E-state index in [1.165, 1.54) is 17.7 Å². The number of benzene rings is 2. The Bertz CT molecular complexity index is 751. The third kappa shape index (κ3) is 4.94. The fourth-order valence-electron chi connectivity index (χ4n) is 1.91. The summed E-state index contributed by atoms with van der Waals surface area (Å²) in [6.45, 7) is 1.89. The van der Waals surface area contributed by atoms with Crippen molar-refractivity contribution in [3.63, 3.8) is 0 Å². The van der Waals surface area contributed by atoms with Crippen LogP contribution in [-0.2, 0) is 20.7 Å². The van der Waals surface area contributed by atoms with Crippen molar-refractivity contribution in [2.45, 2.75) is 31.1 Å². The van der Waals surface area contributed by atoms with E-state index in [0.717, 1.165) is 18.4 Å². The van der Waals surface area contributed by atoms with E-state index < -0.39 is 10.1 Å². The summed E-state index contributed by atoms with van der Waals surface area (Å²) in [5.41, 5.74) is 2.24. The molecule has 2 aromatic carbocycles. The molecule has 22 heavy (non-hydrogen) atoms. The maximum Gasteiger partial charge on any atom is 0.347 e. The second-order valence-corrected chi connectivity index (χ2v) is 6.51. The van der Waals surface area contributed by atoms with Gasteiger partial charge in [-0.2, -0.15) is 8.42 Å². The van der Waals surface area contributed by atoms with Gasteiger partial charge in [0, 0.05) is 6.42 Å². The molecular formula is C18H18O3S. The van der Waals surface area contributed by atoms with Crippen LogP contribution in [0.15, 0.2) is 59.5 Å². The summed E-state index contributed by atoms with van der Waals surface area (Å²) in [4.78, 5) is 0.122. The molecule has 0 aliphatic rings. The van der Waals surface area contributed by atoms with Crippen LogP contribution in [0.4, 0.5) is 0 Å². The maximum absolute atomic E-state index is 11.9. The van der Waals surface area contributed by atoms with Crippen LogP contribution in [0, 0.1) is 19.0 Å². The Kier molecular flexibility index (Phi) is 5.62. The van der Waals surface area contributed by atoms with Crippen molar-refractivity contribution in [3.8, 4) is 12.0 Å². The van der Waals surface area contributed by atoms with Crippen LogP contribution >= 0.6 is 0 Å². The molecule has 0 saturated heterocycles. The summed E-state index contributed by atoms with van der Waals surface area (Å²) in [6, 6.07) is 16.6. The van der Waals surface area contributed by atoms with Crippen molar-refractivity contribution in [1.82, 2.24) is 0 Å². The molecular weight excluding hydrogens is 296 g/mol. The summed E-state index contributed by atoms with van der Waals surface area (Å²) in [5.74, 6) is 2.74. The predicted octanol–water partition coefficient (Wildman–Crippen LogP) is 3.68. The minimum Gasteiger partial charge on any atom is -0.324 e. The average Bonchev–Trinajstić information content (AvgIpc) is 2.52. The quantitative estimate of drug-likeness (QED) is 0.480. The highest BCUT2D eigenvalue weighted by Crippen LogP contribution is 2.12. The Morgan fingerprint density at radius 2 is 1.68 bits per heavy atom.